The molecule has 0 aromatic carbocycles. The van der Waals surface area contributed by atoms with E-state index < -0.39 is 0 Å². The predicted molar refractivity (Wildman–Crippen MR) is 71.0 cm³/mol. The molecule has 0 radical (unpaired) electrons. The van der Waals surface area contributed by atoms with E-state index in [0.29, 0.717) is 11.5 Å². The van der Waals surface area contributed by atoms with E-state index in [1.54, 1.807) is 6.20 Å². The minimum absolute atomic E-state index is 0.223. The number of aliphatic hydroxyl groups excluding tert-OH is 1. The van der Waals surface area contributed by atoms with Crippen LogP contribution in [0.25, 0.3) is 0 Å². The van der Waals surface area contributed by atoms with E-state index in [9.17, 15) is 9.90 Å². The minimum atomic E-state index is -0.223. The molecular weight excluding hydrogens is 228 g/mol. The fourth-order valence-corrected chi connectivity index (χ4v) is 2.58. The first-order valence-electron chi connectivity index (χ1n) is 6.46. The van der Waals surface area contributed by atoms with Crippen LogP contribution in [-0.4, -0.2) is 35.6 Å². The summed E-state index contributed by atoms with van der Waals surface area (Å²) in [6.45, 7) is 5.69. The van der Waals surface area contributed by atoms with Gasteiger partial charge in [0.1, 0.15) is 5.82 Å². The molecule has 1 aromatic heterocycles. The largest absolute Gasteiger partial charge is 0.393 e. The number of hydrogen-bond donors (Lipinski definition) is 1. The van der Waals surface area contributed by atoms with Gasteiger partial charge in [0.25, 0.3) is 0 Å². The van der Waals surface area contributed by atoms with Gasteiger partial charge < -0.3 is 10.0 Å². The molecule has 1 aromatic rings. The molecule has 1 unspecified atom stereocenters. The first-order chi connectivity index (χ1) is 8.61. The van der Waals surface area contributed by atoms with Crippen LogP contribution >= 0.6 is 0 Å². The maximum atomic E-state index is 10.7. The molecule has 2 rings (SSSR count). The third-order valence-electron chi connectivity index (χ3n) is 3.73. The summed E-state index contributed by atoms with van der Waals surface area (Å²) >= 11 is 0. The van der Waals surface area contributed by atoms with Gasteiger partial charge in [0.15, 0.2) is 6.29 Å². The molecule has 0 aliphatic carbocycles. The van der Waals surface area contributed by atoms with Gasteiger partial charge in [0.2, 0.25) is 0 Å². The Kier molecular flexibility index (Phi) is 3.97. The van der Waals surface area contributed by atoms with Gasteiger partial charge >= 0.3 is 0 Å². The molecule has 1 aliphatic rings. The molecule has 98 valence electrons. The van der Waals surface area contributed by atoms with E-state index in [0.717, 1.165) is 43.6 Å². The van der Waals surface area contributed by atoms with Crippen molar-refractivity contribution in [3.05, 3.63) is 23.4 Å². The van der Waals surface area contributed by atoms with Gasteiger partial charge in [-0.2, -0.15) is 0 Å². The van der Waals surface area contributed by atoms with Gasteiger partial charge in [-0.05, 0) is 44.2 Å². The molecular formula is C14H20N2O2. The number of carbonyl (C=O) groups is 1. The van der Waals surface area contributed by atoms with Crippen LogP contribution in [0.1, 0.15) is 35.7 Å². The Labute approximate surface area is 108 Å². The highest BCUT2D eigenvalue weighted by Crippen LogP contribution is 2.26. The molecule has 0 amide bonds. The van der Waals surface area contributed by atoms with E-state index in [-0.39, 0.29) is 6.10 Å². The predicted octanol–water partition coefficient (Wildman–Crippen LogP) is 1.80. The highest BCUT2D eigenvalue weighted by atomic mass is 16.3. The van der Waals surface area contributed by atoms with E-state index >= 15 is 0 Å². The zero-order chi connectivity index (χ0) is 13.1. The number of anilines is 1. The van der Waals surface area contributed by atoms with Crippen molar-refractivity contribution in [3.63, 3.8) is 0 Å². The van der Waals surface area contributed by atoms with Crippen molar-refractivity contribution in [3.8, 4) is 0 Å². The van der Waals surface area contributed by atoms with Crippen LogP contribution in [0.5, 0.6) is 0 Å². The van der Waals surface area contributed by atoms with Crippen molar-refractivity contribution in [2.45, 2.75) is 32.8 Å². The van der Waals surface area contributed by atoms with Crippen LogP contribution in [0.2, 0.25) is 0 Å². The fourth-order valence-electron chi connectivity index (χ4n) is 2.58. The number of aromatic nitrogens is 1. The summed E-state index contributed by atoms with van der Waals surface area (Å²) in [6.07, 6.45) is 4.21. The third-order valence-corrected chi connectivity index (χ3v) is 3.73. The number of pyridine rings is 1. The number of rotatable bonds is 3. The third kappa shape index (κ3) is 2.70. The molecule has 0 spiro atoms. The van der Waals surface area contributed by atoms with Crippen LogP contribution in [-0.2, 0) is 0 Å². The van der Waals surface area contributed by atoms with Crippen molar-refractivity contribution >= 4 is 12.1 Å². The first-order valence-corrected chi connectivity index (χ1v) is 6.46. The normalized spacial score (nSPS) is 18.7. The van der Waals surface area contributed by atoms with Crippen molar-refractivity contribution in [2.24, 2.45) is 5.92 Å². The Morgan fingerprint density at radius 1 is 1.50 bits per heavy atom. The molecule has 2 heterocycles. The maximum absolute atomic E-state index is 10.7. The fraction of sp³-hybridized carbons (Fsp3) is 0.571. The SMILES string of the molecule is Cc1cc(C=O)cnc1N1CCC(C(C)O)CC1. The van der Waals surface area contributed by atoms with E-state index in [2.05, 4.69) is 9.88 Å². The summed E-state index contributed by atoms with van der Waals surface area (Å²) in [4.78, 5) is 17.3. The molecule has 1 atom stereocenters. The van der Waals surface area contributed by atoms with Gasteiger partial charge in [0.05, 0.1) is 6.10 Å². The number of piperidine rings is 1. The van der Waals surface area contributed by atoms with Crippen molar-refractivity contribution in [1.29, 1.82) is 0 Å². The molecule has 4 heteroatoms. The summed E-state index contributed by atoms with van der Waals surface area (Å²) in [5.41, 5.74) is 1.66. The van der Waals surface area contributed by atoms with Crippen molar-refractivity contribution in [2.75, 3.05) is 18.0 Å². The summed E-state index contributed by atoms with van der Waals surface area (Å²) < 4.78 is 0. The second kappa shape index (κ2) is 5.48. The number of nitrogens with zero attached hydrogens (tertiary/aromatic N) is 2. The van der Waals surface area contributed by atoms with E-state index in [1.165, 1.54) is 0 Å². The molecule has 1 saturated heterocycles. The molecule has 0 saturated carbocycles. The van der Waals surface area contributed by atoms with Crippen molar-refractivity contribution < 1.29 is 9.90 Å². The lowest BCUT2D eigenvalue weighted by Crippen LogP contribution is -2.37. The zero-order valence-corrected chi connectivity index (χ0v) is 11.0. The quantitative estimate of drug-likeness (QED) is 0.829. The summed E-state index contributed by atoms with van der Waals surface area (Å²) in [7, 11) is 0. The number of aryl methyl sites for hydroxylation is 1. The smallest absolute Gasteiger partial charge is 0.151 e. The van der Waals surface area contributed by atoms with Crippen LogP contribution in [0.3, 0.4) is 0 Å². The number of carbonyl (C=O) groups excluding carboxylic acids is 1. The summed E-state index contributed by atoms with van der Waals surface area (Å²) in [6, 6.07) is 1.87. The van der Waals surface area contributed by atoms with Crippen LogP contribution < -0.4 is 4.90 Å². The first kappa shape index (κ1) is 13.0. The van der Waals surface area contributed by atoms with E-state index in [1.807, 2.05) is 19.9 Å². The van der Waals surface area contributed by atoms with Gasteiger partial charge in [0, 0.05) is 24.8 Å². The Balaban J connectivity index is 2.07. The lowest BCUT2D eigenvalue weighted by Gasteiger charge is -2.34. The summed E-state index contributed by atoms with van der Waals surface area (Å²) in [5, 5.41) is 9.58. The highest BCUT2D eigenvalue weighted by Gasteiger charge is 2.24. The molecule has 4 nitrogen and oxygen atoms in total. The van der Waals surface area contributed by atoms with Gasteiger partial charge in [-0.25, -0.2) is 4.98 Å². The Morgan fingerprint density at radius 3 is 2.67 bits per heavy atom. The number of aldehydes is 1. The lowest BCUT2D eigenvalue weighted by molar-refractivity contribution is 0.109. The molecule has 0 bridgehead atoms. The van der Waals surface area contributed by atoms with Crippen LogP contribution in [0, 0.1) is 12.8 Å². The topological polar surface area (TPSA) is 53.4 Å². The number of hydrogen-bond acceptors (Lipinski definition) is 4. The Hall–Kier alpha value is -1.42. The number of aliphatic hydroxyl groups is 1. The highest BCUT2D eigenvalue weighted by molar-refractivity contribution is 5.75. The average molecular weight is 248 g/mol. The van der Waals surface area contributed by atoms with Gasteiger partial charge in [-0.3, -0.25) is 4.79 Å². The van der Waals surface area contributed by atoms with Gasteiger partial charge in [-0.1, -0.05) is 0 Å². The van der Waals surface area contributed by atoms with E-state index in [4.69, 9.17) is 0 Å². The Bertz CT molecular complexity index is 424. The lowest BCUT2D eigenvalue weighted by atomic mass is 9.92. The monoisotopic (exact) mass is 248 g/mol. The molecule has 1 N–H and O–H groups in total. The summed E-state index contributed by atoms with van der Waals surface area (Å²) in [5.74, 6) is 1.36. The second-order valence-electron chi connectivity index (χ2n) is 5.09. The Morgan fingerprint density at radius 2 is 2.17 bits per heavy atom. The van der Waals surface area contributed by atoms with Crippen LogP contribution in [0.4, 0.5) is 5.82 Å². The van der Waals surface area contributed by atoms with Crippen molar-refractivity contribution in [1.82, 2.24) is 4.98 Å². The average Bonchev–Trinajstić information content (AvgIpc) is 2.38. The minimum Gasteiger partial charge on any atom is -0.393 e. The maximum Gasteiger partial charge on any atom is 0.151 e. The standard InChI is InChI=1S/C14H20N2O2/c1-10-7-12(9-17)8-15-14(10)16-5-3-13(4-6-16)11(2)18/h7-9,11,13,18H,3-6H2,1-2H3. The second-order valence-corrected chi connectivity index (χ2v) is 5.09. The van der Waals surface area contributed by atoms with Gasteiger partial charge in [-0.15, -0.1) is 0 Å². The molecule has 1 aliphatic heterocycles. The molecule has 18 heavy (non-hydrogen) atoms. The van der Waals surface area contributed by atoms with Crippen LogP contribution in [0.15, 0.2) is 12.3 Å². The molecule has 1 fully saturated rings. The zero-order valence-electron chi connectivity index (χ0n) is 11.0.